The van der Waals surface area contributed by atoms with Crippen LogP contribution < -0.4 is 0 Å². The average molecular weight is 368 g/mol. The van der Waals surface area contributed by atoms with Gasteiger partial charge in [-0.3, -0.25) is 0 Å². The van der Waals surface area contributed by atoms with Gasteiger partial charge in [0.15, 0.2) is 0 Å². The monoisotopic (exact) mass is 368 g/mol. The van der Waals surface area contributed by atoms with Crippen LogP contribution in [0.1, 0.15) is 0 Å². The third kappa shape index (κ3) is 2.34. The van der Waals surface area contributed by atoms with E-state index in [0.29, 0.717) is 5.71 Å². The Hall–Kier alpha value is -3.51. The SMILES string of the molecule is c1cnc2[nH]c(-c3cnc4oc(-c5cnc6sccc6c5)cc4c3)cc2c1. The van der Waals surface area contributed by atoms with Gasteiger partial charge >= 0.3 is 0 Å². The first-order chi connectivity index (χ1) is 13.3. The van der Waals surface area contributed by atoms with Crippen molar-refractivity contribution in [3.8, 4) is 22.6 Å². The van der Waals surface area contributed by atoms with E-state index in [1.54, 1.807) is 17.5 Å². The molecule has 6 heteroatoms. The Bertz CT molecular complexity index is 1410. The molecule has 6 heterocycles. The summed E-state index contributed by atoms with van der Waals surface area (Å²) in [6.45, 7) is 0. The van der Waals surface area contributed by atoms with E-state index in [9.17, 15) is 0 Å². The second-order valence-corrected chi connectivity index (χ2v) is 7.29. The summed E-state index contributed by atoms with van der Waals surface area (Å²) in [4.78, 5) is 17.7. The van der Waals surface area contributed by atoms with Gasteiger partial charge in [-0.25, -0.2) is 15.0 Å². The van der Waals surface area contributed by atoms with Crippen LogP contribution in [0.15, 0.2) is 70.9 Å². The quantitative estimate of drug-likeness (QED) is 0.429. The van der Waals surface area contributed by atoms with Crippen molar-refractivity contribution >= 4 is 43.7 Å². The minimum atomic E-state index is 0.619. The van der Waals surface area contributed by atoms with Crippen LogP contribution in [0, 0.1) is 0 Å². The van der Waals surface area contributed by atoms with Gasteiger partial charge in [0.05, 0.1) is 0 Å². The van der Waals surface area contributed by atoms with Gasteiger partial charge < -0.3 is 9.40 Å². The first kappa shape index (κ1) is 14.6. The Labute approximate surface area is 157 Å². The maximum Gasteiger partial charge on any atom is 0.226 e. The topological polar surface area (TPSA) is 67.6 Å². The van der Waals surface area contributed by atoms with Crippen LogP contribution in [-0.4, -0.2) is 19.9 Å². The molecule has 0 saturated carbocycles. The minimum Gasteiger partial charge on any atom is -0.438 e. The molecule has 0 aliphatic rings. The molecule has 6 aromatic heterocycles. The molecular weight excluding hydrogens is 356 g/mol. The molecule has 128 valence electrons. The standard InChI is InChI=1S/C21H12N4OS/c1-2-12-8-17(25-19(12)22-4-1)15-7-14-9-18(26-20(14)23-10-15)16-6-13-3-5-27-21(13)24-11-16/h1-11H,(H,22,25). The zero-order valence-corrected chi connectivity index (χ0v) is 14.8. The van der Waals surface area contributed by atoms with Gasteiger partial charge in [-0.15, -0.1) is 11.3 Å². The predicted octanol–water partition coefficient (Wildman–Crippen LogP) is 5.65. The molecule has 1 N–H and O–H groups in total. The molecule has 0 unspecified atom stereocenters. The van der Waals surface area contributed by atoms with Gasteiger partial charge in [-0.05, 0) is 47.8 Å². The minimum absolute atomic E-state index is 0.619. The molecule has 27 heavy (non-hydrogen) atoms. The zero-order chi connectivity index (χ0) is 17.8. The molecule has 0 aromatic carbocycles. The maximum absolute atomic E-state index is 5.96. The van der Waals surface area contributed by atoms with Crippen LogP contribution in [0.5, 0.6) is 0 Å². The molecule has 0 bridgehead atoms. The predicted molar refractivity (Wildman–Crippen MR) is 108 cm³/mol. The zero-order valence-electron chi connectivity index (χ0n) is 14.0. The van der Waals surface area contributed by atoms with E-state index in [-0.39, 0.29) is 0 Å². The molecule has 0 atom stereocenters. The summed E-state index contributed by atoms with van der Waals surface area (Å²) < 4.78 is 5.96. The van der Waals surface area contributed by atoms with E-state index in [0.717, 1.165) is 49.2 Å². The normalized spacial score (nSPS) is 11.7. The number of furan rings is 1. The number of aromatic amines is 1. The number of fused-ring (bicyclic) bond motifs is 3. The van der Waals surface area contributed by atoms with E-state index in [2.05, 4.69) is 44.2 Å². The Balaban J connectivity index is 1.46. The summed E-state index contributed by atoms with van der Waals surface area (Å²) in [5.74, 6) is 0.772. The van der Waals surface area contributed by atoms with Gasteiger partial charge in [-0.1, -0.05) is 0 Å². The summed E-state index contributed by atoms with van der Waals surface area (Å²) in [5, 5.41) is 5.20. The number of hydrogen-bond acceptors (Lipinski definition) is 5. The molecule has 6 rings (SSSR count). The second-order valence-electron chi connectivity index (χ2n) is 6.39. The fourth-order valence-corrected chi connectivity index (χ4v) is 4.05. The van der Waals surface area contributed by atoms with Crippen LogP contribution in [0.2, 0.25) is 0 Å². The van der Waals surface area contributed by atoms with Crippen LogP contribution in [0.3, 0.4) is 0 Å². The van der Waals surface area contributed by atoms with Crippen molar-refractivity contribution in [2.24, 2.45) is 0 Å². The van der Waals surface area contributed by atoms with E-state index in [1.165, 1.54) is 0 Å². The lowest BCUT2D eigenvalue weighted by Gasteiger charge is -1.96. The fourth-order valence-electron chi connectivity index (χ4n) is 3.33. The number of H-pyrrole nitrogens is 1. The molecule has 5 nitrogen and oxygen atoms in total. The molecule has 0 saturated heterocycles. The third-order valence-electron chi connectivity index (χ3n) is 4.67. The lowest BCUT2D eigenvalue weighted by atomic mass is 10.1. The van der Waals surface area contributed by atoms with E-state index in [4.69, 9.17) is 4.42 Å². The van der Waals surface area contributed by atoms with Crippen molar-refractivity contribution < 1.29 is 4.42 Å². The fraction of sp³-hybridized carbons (Fsp3) is 0. The van der Waals surface area contributed by atoms with E-state index < -0.39 is 0 Å². The summed E-state index contributed by atoms with van der Waals surface area (Å²) in [6, 6.07) is 14.3. The average Bonchev–Trinajstić information content (AvgIpc) is 3.42. The van der Waals surface area contributed by atoms with Crippen molar-refractivity contribution in [2.75, 3.05) is 0 Å². The molecule has 0 fully saturated rings. The van der Waals surface area contributed by atoms with Crippen molar-refractivity contribution in [3.63, 3.8) is 0 Å². The van der Waals surface area contributed by atoms with Crippen molar-refractivity contribution in [1.82, 2.24) is 19.9 Å². The summed E-state index contributed by atoms with van der Waals surface area (Å²) in [5.41, 5.74) is 4.43. The van der Waals surface area contributed by atoms with Crippen LogP contribution in [0.4, 0.5) is 0 Å². The molecule has 0 aliphatic heterocycles. The molecule has 0 amide bonds. The van der Waals surface area contributed by atoms with Gasteiger partial charge in [0.25, 0.3) is 0 Å². The van der Waals surface area contributed by atoms with Gasteiger partial charge in [0.1, 0.15) is 16.2 Å². The van der Waals surface area contributed by atoms with Gasteiger partial charge in [0, 0.05) is 51.6 Å². The Kier molecular flexibility index (Phi) is 2.98. The number of pyridine rings is 3. The molecule has 0 aliphatic carbocycles. The Morgan fingerprint density at radius 2 is 1.78 bits per heavy atom. The largest absolute Gasteiger partial charge is 0.438 e. The Morgan fingerprint density at radius 1 is 0.852 bits per heavy atom. The third-order valence-corrected chi connectivity index (χ3v) is 5.50. The van der Waals surface area contributed by atoms with Crippen LogP contribution in [0.25, 0.3) is 54.9 Å². The van der Waals surface area contributed by atoms with Crippen molar-refractivity contribution in [2.45, 2.75) is 0 Å². The maximum atomic E-state index is 5.96. The highest BCUT2D eigenvalue weighted by Crippen LogP contribution is 2.32. The van der Waals surface area contributed by atoms with Crippen molar-refractivity contribution in [1.29, 1.82) is 0 Å². The van der Waals surface area contributed by atoms with E-state index in [1.807, 2.05) is 36.0 Å². The van der Waals surface area contributed by atoms with Crippen molar-refractivity contribution in [3.05, 3.63) is 66.4 Å². The first-order valence-corrected chi connectivity index (χ1v) is 9.39. The Morgan fingerprint density at radius 3 is 2.74 bits per heavy atom. The van der Waals surface area contributed by atoms with Gasteiger partial charge in [0.2, 0.25) is 5.71 Å². The lowest BCUT2D eigenvalue weighted by molar-refractivity contribution is 0.618. The number of rotatable bonds is 2. The summed E-state index contributed by atoms with van der Waals surface area (Å²) in [6.07, 6.45) is 5.45. The number of nitrogens with zero attached hydrogens (tertiary/aromatic N) is 3. The summed E-state index contributed by atoms with van der Waals surface area (Å²) >= 11 is 1.63. The highest BCUT2D eigenvalue weighted by molar-refractivity contribution is 7.16. The number of hydrogen-bond donors (Lipinski definition) is 1. The molecule has 0 spiro atoms. The summed E-state index contributed by atoms with van der Waals surface area (Å²) in [7, 11) is 0. The van der Waals surface area contributed by atoms with Gasteiger partial charge in [-0.2, -0.15) is 0 Å². The molecule has 0 radical (unpaired) electrons. The lowest BCUT2D eigenvalue weighted by Crippen LogP contribution is -1.80. The highest BCUT2D eigenvalue weighted by Gasteiger charge is 2.11. The molecule has 6 aromatic rings. The van der Waals surface area contributed by atoms with E-state index >= 15 is 0 Å². The second kappa shape index (κ2) is 5.49. The highest BCUT2D eigenvalue weighted by atomic mass is 32.1. The van der Waals surface area contributed by atoms with Crippen LogP contribution >= 0.6 is 11.3 Å². The van der Waals surface area contributed by atoms with Crippen LogP contribution in [-0.2, 0) is 0 Å². The smallest absolute Gasteiger partial charge is 0.226 e. The first-order valence-electron chi connectivity index (χ1n) is 8.51. The number of thiophene rings is 1. The number of nitrogens with one attached hydrogen (secondary N) is 1. The molecular formula is C21H12N4OS. The number of aromatic nitrogens is 4.